The molecular formula is C18H17N3O2. The lowest BCUT2D eigenvalue weighted by molar-refractivity contribution is 0.342. The SMILES string of the molecule is CCOc1ccccc1Nc1nc(-c2ccccc2)cc(=O)[nH]1. The lowest BCUT2D eigenvalue weighted by atomic mass is 10.1. The molecule has 3 rings (SSSR count). The van der Waals surface area contributed by atoms with Gasteiger partial charge in [0.1, 0.15) is 5.75 Å². The molecule has 0 atom stereocenters. The van der Waals surface area contributed by atoms with Crippen LogP contribution in [-0.4, -0.2) is 16.6 Å². The number of benzene rings is 2. The van der Waals surface area contributed by atoms with Crippen molar-refractivity contribution in [3.8, 4) is 17.0 Å². The van der Waals surface area contributed by atoms with Gasteiger partial charge in [-0.3, -0.25) is 9.78 Å². The van der Waals surface area contributed by atoms with Crippen LogP contribution < -0.4 is 15.6 Å². The van der Waals surface area contributed by atoms with Crippen LogP contribution in [-0.2, 0) is 0 Å². The number of aromatic nitrogens is 2. The van der Waals surface area contributed by atoms with E-state index in [1.165, 1.54) is 6.07 Å². The first-order valence-electron chi connectivity index (χ1n) is 7.42. The standard InChI is InChI=1S/C18H17N3O2/c1-2-23-16-11-7-6-10-14(16)19-18-20-15(12-17(22)21-18)13-8-4-3-5-9-13/h3-12H,2H2,1H3,(H2,19,20,21,22). The summed E-state index contributed by atoms with van der Waals surface area (Å²) in [7, 11) is 0. The van der Waals surface area contributed by atoms with Crippen LogP contribution >= 0.6 is 0 Å². The Morgan fingerprint density at radius 1 is 1.09 bits per heavy atom. The average molecular weight is 307 g/mol. The fourth-order valence-corrected chi connectivity index (χ4v) is 2.25. The number of rotatable bonds is 5. The Balaban J connectivity index is 1.95. The average Bonchev–Trinajstić information content (AvgIpc) is 2.57. The van der Waals surface area contributed by atoms with Crippen LogP contribution in [0.2, 0.25) is 0 Å². The van der Waals surface area contributed by atoms with Crippen LogP contribution in [0.25, 0.3) is 11.3 Å². The van der Waals surface area contributed by atoms with Crippen LogP contribution in [0.3, 0.4) is 0 Å². The van der Waals surface area contributed by atoms with Crippen molar-refractivity contribution >= 4 is 11.6 Å². The van der Waals surface area contributed by atoms with Gasteiger partial charge in [0.2, 0.25) is 5.95 Å². The molecule has 5 nitrogen and oxygen atoms in total. The van der Waals surface area contributed by atoms with Crippen LogP contribution in [0, 0.1) is 0 Å². The first-order chi connectivity index (χ1) is 11.3. The number of hydrogen-bond donors (Lipinski definition) is 2. The fourth-order valence-electron chi connectivity index (χ4n) is 2.25. The molecule has 0 aliphatic rings. The number of hydrogen-bond acceptors (Lipinski definition) is 4. The van der Waals surface area contributed by atoms with E-state index in [1.807, 2.05) is 61.5 Å². The number of nitrogens with one attached hydrogen (secondary N) is 2. The second-order valence-electron chi connectivity index (χ2n) is 4.90. The van der Waals surface area contributed by atoms with Gasteiger partial charge in [-0.2, -0.15) is 0 Å². The molecule has 0 spiro atoms. The molecule has 0 saturated heterocycles. The second kappa shape index (κ2) is 6.79. The van der Waals surface area contributed by atoms with E-state index < -0.39 is 0 Å². The van der Waals surface area contributed by atoms with E-state index in [0.29, 0.717) is 24.0 Å². The number of para-hydroxylation sites is 2. The van der Waals surface area contributed by atoms with Gasteiger partial charge in [0, 0.05) is 11.6 Å². The van der Waals surface area contributed by atoms with Crippen molar-refractivity contribution in [2.24, 2.45) is 0 Å². The van der Waals surface area contributed by atoms with Crippen LogP contribution in [0.1, 0.15) is 6.92 Å². The minimum Gasteiger partial charge on any atom is -0.492 e. The molecule has 5 heteroatoms. The predicted octanol–water partition coefficient (Wildman–Crippen LogP) is 3.58. The Morgan fingerprint density at radius 3 is 2.61 bits per heavy atom. The first kappa shape index (κ1) is 14.8. The van der Waals surface area contributed by atoms with Crippen molar-refractivity contribution in [1.82, 2.24) is 9.97 Å². The van der Waals surface area contributed by atoms with Crippen molar-refractivity contribution in [1.29, 1.82) is 0 Å². The maximum absolute atomic E-state index is 11.9. The van der Waals surface area contributed by atoms with Gasteiger partial charge >= 0.3 is 0 Å². The molecule has 0 radical (unpaired) electrons. The van der Waals surface area contributed by atoms with Gasteiger partial charge in [0.25, 0.3) is 5.56 Å². The Labute approximate surface area is 134 Å². The van der Waals surface area contributed by atoms with E-state index in [9.17, 15) is 4.79 Å². The summed E-state index contributed by atoms with van der Waals surface area (Å²) in [6, 6.07) is 18.6. The summed E-state index contributed by atoms with van der Waals surface area (Å²) in [5.41, 5.74) is 2.04. The van der Waals surface area contributed by atoms with Crippen LogP contribution in [0.5, 0.6) is 5.75 Å². The lowest BCUT2D eigenvalue weighted by Crippen LogP contribution is -2.11. The molecule has 0 bridgehead atoms. The molecule has 0 unspecified atom stereocenters. The molecule has 0 saturated carbocycles. The minimum absolute atomic E-state index is 0.213. The molecular weight excluding hydrogens is 290 g/mol. The van der Waals surface area contributed by atoms with Crippen molar-refractivity contribution in [2.75, 3.05) is 11.9 Å². The fraction of sp³-hybridized carbons (Fsp3) is 0.111. The van der Waals surface area contributed by atoms with E-state index in [0.717, 1.165) is 11.3 Å². The summed E-state index contributed by atoms with van der Waals surface area (Å²) in [6.45, 7) is 2.49. The highest BCUT2D eigenvalue weighted by Gasteiger charge is 2.07. The highest BCUT2D eigenvalue weighted by atomic mass is 16.5. The van der Waals surface area contributed by atoms with Crippen molar-refractivity contribution in [2.45, 2.75) is 6.92 Å². The highest BCUT2D eigenvalue weighted by Crippen LogP contribution is 2.26. The molecule has 2 aromatic carbocycles. The van der Waals surface area contributed by atoms with Gasteiger partial charge < -0.3 is 10.1 Å². The Morgan fingerprint density at radius 2 is 1.83 bits per heavy atom. The van der Waals surface area contributed by atoms with E-state index >= 15 is 0 Å². The monoisotopic (exact) mass is 307 g/mol. The lowest BCUT2D eigenvalue weighted by Gasteiger charge is -2.12. The van der Waals surface area contributed by atoms with Gasteiger partial charge in [-0.05, 0) is 19.1 Å². The zero-order chi connectivity index (χ0) is 16.1. The molecule has 1 heterocycles. The Hall–Kier alpha value is -3.08. The van der Waals surface area contributed by atoms with E-state index in [4.69, 9.17) is 4.74 Å². The summed E-state index contributed by atoms with van der Waals surface area (Å²) in [6.07, 6.45) is 0. The maximum atomic E-state index is 11.9. The summed E-state index contributed by atoms with van der Waals surface area (Å²) in [4.78, 5) is 19.1. The number of ether oxygens (including phenoxy) is 1. The van der Waals surface area contributed by atoms with Crippen molar-refractivity contribution in [3.63, 3.8) is 0 Å². The molecule has 116 valence electrons. The third-order valence-electron chi connectivity index (χ3n) is 3.25. The summed E-state index contributed by atoms with van der Waals surface area (Å²) >= 11 is 0. The molecule has 0 aliphatic carbocycles. The zero-order valence-electron chi connectivity index (χ0n) is 12.7. The topological polar surface area (TPSA) is 67.0 Å². The largest absolute Gasteiger partial charge is 0.492 e. The Bertz CT molecular complexity index is 844. The van der Waals surface area contributed by atoms with E-state index in [2.05, 4.69) is 15.3 Å². The zero-order valence-corrected chi connectivity index (χ0v) is 12.7. The Kier molecular flexibility index (Phi) is 4.38. The number of aromatic amines is 1. The van der Waals surface area contributed by atoms with E-state index in [1.54, 1.807) is 0 Å². The maximum Gasteiger partial charge on any atom is 0.252 e. The molecule has 0 aliphatic heterocycles. The van der Waals surface area contributed by atoms with Gasteiger partial charge in [0.15, 0.2) is 0 Å². The minimum atomic E-state index is -0.213. The van der Waals surface area contributed by atoms with Crippen molar-refractivity contribution < 1.29 is 4.74 Å². The van der Waals surface area contributed by atoms with Gasteiger partial charge in [-0.25, -0.2) is 4.98 Å². The smallest absolute Gasteiger partial charge is 0.252 e. The number of nitrogens with zero attached hydrogens (tertiary/aromatic N) is 1. The number of anilines is 2. The van der Waals surface area contributed by atoms with Gasteiger partial charge in [-0.1, -0.05) is 42.5 Å². The third kappa shape index (κ3) is 3.58. The van der Waals surface area contributed by atoms with E-state index in [-0.39, 0.29) is 5.56 Å². The predicted molar refractivity (Wildman–Crippen MR) is 91.2 cm³/mol. The highest BCUT2D eigenvalue weighted by molar-refractivity contribution is 5.65. The molecule has 2 N–H and O–H groups in total. The normalized spacial score (nSPS) is 10.3. The molecule has 23 heavy (non-hydrogen) atoms. The van der Waals surface area contributed by atoms with Crippen LogP contribution in [0.15, 0.2) is 65.5 Å². The molecule has 0 fully saturated rings. The first-order valence-corrected chi connectivity index (χ1v) is 7.42. The van der Waals surface area contributed by atoms with Crippen molar-refractivity contribution in [3.05, 3.63) is 71.0 Å². The molecule has 3 aromatic rings. The summed E-state index contributed by atoms with van der Waals surface area (Å²) in [5.74, 6) is 1.09. The summed E-state index contributed by atoms with van der Waals surface area (Å²) in [5, 5.41) is 3.12. The summed E-state index contributed by atoms with van der Waals surface area (Å²) < 4.78 is 5.57. The number of H-pyrrole nitrogens is 1. The van der Waals surface area contributed by atoms with Crippen LogP contribution in [0.4, 0.5) is 11.6 Å². The third-order valence-corrected chi connectivity index (χ3v) is 3.25. The molecule has 1 aromatic heterocycles. The molecule has 0 amide bonds. The second-order valence-corrected chi connectivity index (χ2v) is 4.90. The quantitative estimate of drug-likeness (QED) is 0.756. The van der Waals surface area contributed by atoms with Gasteiger partial charge in [-0.15, -0.1) is 0 Å². The van der Waals surface area contributed by atoms with Gasteiger partial charge in [0.05, 0.1) is 18.0 Å².